The third-order valence-corrected chi connectivity index (χ3v) is 5.04. The van der Waals surface area contributed by atoms with Crippen molar-refractivity contribution in [2.75, 3.05) is 19.6 Å². The van der Waals surface area contributed by atoms with E-state index in [-0.39, 0.29) is 17.9 Å². The maximum absolute atomic E-state index is 12.8. The zero-order valence-electron chi connectivity index (χ0n) is 15.6. The van der Waals surface area contributed by atoms with Gasteiger partial charge in [-0.2, -0.15) is 5.10 Å². The zero-order valence-corrected chi connectivity index (χ0v) is 15.6. The molecule has 3 heterocycles. The SMILES string of the molecule is CCn1nccc1C(=O)N1CCC(N(CCn2ccnc2C)C(C)=O)C1. The number of rotatable bonds is 6. The molecule has 1 aliphatic heterocycles. The maximum atomic E-state index is 12.8. The number of imidazole rings is 1. The molecule has 0 bridgehead atoms. The van der Waals surface area contributed by atoms with E-state index in [9.17, 15) is 9.59 Å². The van der Waals surface area contributed by atoms with Crippen LogP contribution in [0.4, 0.5) is 0 Å². The standard InChI is InChI=1S/C18H26N6O2/c1-4-24-17(5-7-20-24)18(26)22-9-6-16(13-22)23(15(3)25)12-11-21-10-8-19-14(21)2/h5,7-8,10,16H,4,6,9,11-13H2,1-3H3. The lowest BCUT2D eigenvalue weighted by molar-refractivity contribution is -0.131. The Morgan fingerprint density at radius 1 is 1.35 bits per heavy atom. The van der Waals surface area contributed by atoms with Gasteiger partial charge in [0.05, 0.1) is 6.04 Å². The van der Waals surface area contributed by atoms with Crippen LogP contribution in [-0.2, 0) is 17.9 Å². The zero-order chi connectivity index (χ0) is 18.7. The van der Waals surface area contributed by atoms with Crippen molar-refractivity contribution in [1.29, 1.82) is 0 Å². The highest BCUT2D eigenvalue weighted by molar-refractivity contribution is 5.92. The van der Waals surface area contributed by atoms with Gasteiger partial charge in [-0.25, -0.2) is 4.98 Å². The molecule has 1 saturated heterocycles. The van der Waals surface area contributed by atoms with Crippen molar-refractivity contribution >= 4 is 11.8 Å². The van der Waals surface area contributed by atoms with Gasteiger partial charge in [-0.05, 0) is 26.3 Å². The molecule has 1 aliphatic rings. The third-order valence-electron chi connectivity index (χ3n) is 5.04. The second-order valence-electron chi connectivity index (χ2n) is 6.61. The van der Waals surface area contributed by atoms with Gasteiger partial charge in [0.15, 0.2) is 0 Å². The van der Waals surface area contributed by atoms with E-state index in [1.54, 1.807) is 30.1 Å². The fourth-order valence-corrected chi connectivity index (χ4v) is 3.56. The summed E-state index contributed by atoms with van der Waals surface area (Å²) in [6.45, 7) is 8.72. The number of hydrogen-bond donors (Lipinski definition) is 0. The molecule has 2 aromatic heterocycles. The summed E-state index contributed by atoms with van der Waals surface area (Å²) in [5, 5.41) is 4.17. The summed E-state index contributed by atoms with van der Waals surface area (Å²) in [6.07, 6.45) is 6.14. The number of likely N-dealkylation sites (tertiary alicyclic amines) is 1. The molecule has 0 aromatic carbocycles. The molecule has 8 nitrogen and oxygen atoms in total. The van der Waals surface area contributed by atoms with Crippen LogP contribution in [-0.4, -0.2) is 66.6 Å². The Hall–Kier alpha value is -2.64. The topological polar surface area (TPSA) is 76.3 Å². The van der Waals surface area contributed by atoms with Crippen LogP contribution in [0.5, 0.6) is 0 Å². The number of nitrogens with zero attached hydrogens (tertiary/aromatic N) is 6. The smallest absolute Gasteiger partial charge is 0.272 e. The minimum atomic E-state index is -0.0131. The molecule has 1 unspecified atom stereocenters. The van der Waals surface area contributed by atoms with Crippen molar-refractivity contribution in [2.45, 2.75) is 46.3 Å². The first-order valence-corrected chi connectivity index (χ1v) is 9.07. The molecule has 0 aliphatic carbocycles. The number of amides is 2. The average Bonchev–Trinajstić information content (AvgIpc) is 3.35. The lowest BCUT2D eigenvalue weighted by Gasteiger charge is -2.28. The molecule has 1 fully saturated rings. The van der Waals surface area contributed by atoms with Gasteiger partial charge in [0.1, 0.15) is 11.5 Å². The highest BCUT2D eigenvalue weighted by Crippen LogP contribution is 2.19. The molecule has 1 atom stereocenters. The van der Waals surface area contributed by atoms with Gasteiger partial charge in [0.2, 0.25) is 5.91 Å². The first kappa shape index (κ1) is 18.2. The van der Waals surface area contributed by atoms with Crippen molar-refractivity contribution in [3.63, 3.8) is 0 Å². The van der Waals surface area contributed by atoms with Gasteiger partial charge in [-0.1, -0.05) is 0 Å². The number of aromatic nitrogens is 4. The second kappa shape index (κ2) is 7.72. The highest BCUT2D eigenvalue weighted by atomic mass is 16.2. The second-order valence-corrected chi connectivity index (χ2v) is 6.61. The third kappa shape index (κ3) is 3.63. The summed E-state index contributed by atoms with van der Waals surface area (Å²) in [5.74, 6) is 0.964. The molecule has 26 heavy (non-hydrogen) atoms. The van der Waals surface area contributed by atoms with Crippen LogP contribution in [0.3, 0.4) is 0 Å². The van der Waals surface area contributed by atoms with E-state index in [4.69, 9.17) is 0 Å². The fraction of sp³-hybridized carbons (Fsp3) is 0.556. The van der Waals surface area contributed by atoms with E-state index >= 15 is 0 Å². The van der Waals surface area contributed by atoms with E-state index in [2.05, 4.69) is 10.1 Å². The van der Waals surface area contributed by atoms with E-state index in [1.807, 2.05) is 34.4 Å². The van der Waals surface area contributed by atoms with Crippen LogP contribution in [0.25, 0.3) is 0 Å². The van der Waals surface area contributed by atoms with Gasteiger partial charge < -0.3 is 14.4 Å². The highest BCUT2D eigenvalue weighted by Gasteiger charge is 2.33. The maximum Gasteiger partial charge on any atom is 0.272 e. The Balaban J connectivity index is 1.64. The minimum Gasteiger partial charge on any atom is -0.336 e. The van der Waals surface area contributed by atoms with Crippen LogP contribution < -0.4 is 0 Å². The Labute approximate surface area is 153 Å². The normalized spacial score (nSPS) is 16.9. The molecular weight excluding hydrogens is 332 g/mol. The van der Waals surface area contributed by atoms with E-state index < -0.39 is 0 Å². The number of carbonyl (C=O) groups is 2. The van der Waals surface area contributed by atoms with Crippen molar-refractivity contribution in [2.24, 2.45) is 0 Å². The van der Waals surface area contributed by atoms with Crippen molar-refractivity contribution < 1.29 is 9.59 Å². The van der Waals surface area contributed by atoms with E-state index in [0.717, 1.165) is 12.2 Å². The Morgan fingerprint density at radius 2 is 2.15 bits per heavy atom. The first-order chi connectivity index (χ1) is 12.5. The van der Waals surface area contributed by atoms with Crippen LogP contribution in [0, 0.1) is 6.92 Å². The predicted molar refractivity (Wildman–Crippen MR) is 96.6 cm³/mol. The summed E-state index contributed by atoms with van der Waals surface area (Å²) in [5.41, 5.74) is 0.608. The molecular formula is C18H26N6O2. The van der Waals surface area contributed by atoms with Crippen LogP contribution in [0.1, 0.15) is 36.6 Å². The van der Waals surface area contributed by atoms with E-state index in [0.29, 0.717) is 38.4 Å². The summed E-state index contributed by atoms with van der Waals surface area (Å²) in [6, 6.07) is 1.81. The van der Waals surface area contributed by atoms with Gasteiger partial charge in [-0.15, -0.1) is 0 Å². The van der Waals surface area contributed by atoms with Gasteiger partial charge in [-0.3, -0.25) is 14.3 Å². The Kier molecular flexibility index (Phi) is 5.39. The van der Waals surface area contributed by atoms with Gasteiger partial charge in [0.25, 0.3) is 5.91 Å². The molecule has 2 aromatic rings. The van der Waals surface area contributed by atoms with Crippen molar-refractivity contribution in [1.82, 2.24) is 29.1 Å². The number of hydrogen-bond acceptors (Lipinski definition) is 4. The molecule has 0 radical (unpaired) electrons. The van der Waals surface area contributed by atoms with Crippen molar-refractivity contribution in [3.8, 4) is 0 Å². The van der Waals surface area contributed by atoms with Crippen LogP contribution in [0.15, 0.2) is 24.7 Å². The quantitative estimate of drug-likeness (QED) is 0.777. The lowest BCUT2D eigenvalue weighted by Crippen LogP contribution is -2.43. The van der Waals surface area contributed by atoms with Crippen LogP contribution >= 0.6 is 0 Å². The molecule has 0 spiro atoms. The number of aryl methyl sites for hydroxylation is 2. The molecule has 8 heteroatoms. The number of carbonyl (C=O) groups excluding carboxylic acids is 2. The average molecular weight is 358 g/mol. The molecule has 0 saturated carbocycles. The lowest BCUT2D eigenvalue weighted by atomic mass is 10.2. The molecule has 140 valence electrons. The summed E-state index contributed by atoms with van der Waals surface area (Å²) in [4.78, 5) is 32.8. The monoisotopic (exact) mass is 358 g/mol. The Bertz CT molecular complexity index is 780. The summed E-state index contributed by atoms with van der Waals surface area (Å²) >= 11 is 0. The molecule has 3 rings (SSSR count). The Morgan fingerprint density at radius 3 is 2.81 bits per heavy atom. The van der Waals surface area contributed by atoms with Gasteiger partial charge in [0, 0.05) is 58.2 Å². The molecule has 0 N–H and O–H groups in total. The first-order valence-electron chi connectivity index (χ1n) is 9.07. The largest absolute Gasteiger partial charge is 0.336 e. The minimum absolute atomic E-state index is 0.0131. The van der Waals surface area contributed by atoms with Crippen LogP contribution in [0.2, 0.25) is 0 Å². The fourth-order valence-electron chi connectivity index (χ4n) is 3.56. The van der Waals surface area contributed by atoms with Crippen molar-refractivity contribution in [3.05, 3.63) is 36.2 Å². The van der Waals surface area contributed by atoms with Gasteiger partial charge >= 0.3 is 0 Å². The molecule has 2 amide bonds. The predicted octanol–water partition coefficient (Wildman–Crippen LogP) is 1.17. The van der Waals surface area contributed by atoms with E-state index in [1.165, 1.54) is 0 Å². The summed E-state index contributed by atoms with van der Waals surface area (Å²) in [7, 11) is 0. The summed E-state index contributed by atoms with van der Waals surface area (Å²) < 4.78 is 3.74.